The highest BCUT2D eigenvalue weighted by molar-refractivity contribution is 6.42. The van der Waals surface area contributed by atoms with E-state index in [0.717, 1.165) is 5.56 Å². The summed E-state index contributed by atoms with van der Waals surface area (Å²) in [6, 6.07) is 11.1. The van der Waals surface area contributed by atoms with Gasteiger partial charge < -0.3 is 4.74 Å². The van der Waals surface area contributed by atoms with E-state index in [1.165, 1.54) is 25.1 Å². The highest BCUT2D eigenvalue weighted by Gasteiger charge is 2.17. The number of nitrogens with one attached hydrogen (secondary N) is 2. The summed E-state index contributed by atoms with van der Waals surface area (Å²) in [7, 11) is 0. The number of para-hydroxylation sites is 1. The third-order valence-corrected chi connectivity index (χ3v) is 4.43. The summed E-state index contributed by atoms with van der Waals surface area (Å²) in [6.45, 7) is 1.46. The van der Waals surface area contributed by atoms with Crippen LogP contribution in [0.3, 0.4) is 0 Å². The van der Waals surface area contributed by atoms with Crippen LogP contribution < -0.4 is 15.6 Å². The van der Waals surface area contributed by atoms with E-state index in [0.29, 0.717) is 22.9 Å². The van der Waals surface area contributed by atoms with Crippen LogP contribution in [0, 0.1) is 5.82 Å². The lowest BCUT2D eigenvalue weighted by Crippen LogP contribution is -2.47. The minimum absolute atomic E-state index is 0.0342. The van der Waals surface area contributed by atoms with Gasteiger partial charge in [-0.25, -0.2) is 4.39 Å². The number of rotatable bonds is 7. The van der Waals surface area contributed by atoms with Gasteiger partial charge in [0, 0.05) is 6.42 Å². The molecular formula is C19H19Cl2FN2O3. The van der Waals surface area contributed by atoms with E-state index >= 15 is 0 Å². The van der Waals surface area contributed by atoms with E-state index in [9.17, 15) is 14.0 Å². The van der Waals surface area contributed by atoms with E-state index in [1.54, 1.807) is 18.2 Å². The Labute approximate surface area is 166 Å². The SMILES string of the molecule is CC(Oc1ccccc1F)C(=O)NNC(=O)CCCc1ccc(Cl)c(Cl)c1. The summed E-state index contributed by atoms with van der Waals surface area (Å²) in [6.07, 6.45) is 0.452. The van der Waals surface area contributed by atoms with Crippen LogP contribution >= 0.6 is 23.2 Å². The molecule has 8 heteroatoms. The molecule has 2 aromatic rings. The van der Waals surface area contributed by atoms with Gasteiger partial charge in [0.2, 0.25) is 5.91 Å². The zero-order valence-corrected chi connectivity index (χ0v) is 16.1. The first kappa shape index (κ1) is 21.0. The monoisotopic (exact) mass is 412 g/mol. The van der Waals surface area contributed by atoms with Gasteiger partial charge in [-0.05, 0) is 49.6 Å². The number of carbonyl (C=O) groups excluding carboxylic acids is 2. The number of hydrazine groups is 1. The van der Waals surface area contributed by atoms with Crippen LogP contribution in [0.15, 0.2) is 42.5 Å². The van der Waals surface area contributed by atoms with E-state index < -0.39 is 17.8 Å². The first-order valence-corrected chi connectivity index (χ1v) is 9.06. The Balaban J connectivity index is 1.70. The molecular weight excluding hydrogens is 394 g/mol. The van der Waals surface area contributed by atoms with Crippen molar-refractivity contribution in [3.05, 3.63) is 63.9 Å². The molecule has 0 fully saturated rings. The fraction of sp³-hybridized carbons (Fsp3) is 0.263. The van der Waals surface area contributed by atoms with Crippen LogP contribution in [0.25, 0.3) is 0 Å². The zero-order chi connectivity index (χ0) is 19.8. The lowest BCUT2D eigenvalue weighted by molar-refractivity contribution is -0.132. The first-order valence-electron chi connectivity index (χ1n) is 8.30. The lowest BCUT2D eigenvalue weighted by Gasteiger charge is -2.15. The number of hydrogen-bond donors (Lipinski definition) is 2. The average molecular weight is 413 g/mol. The summed E-state index contributed by atoms with van der Waals surface area (Å²) in [4.78, 5) is 23.7. The van der Waals surface area contributed by atoms with Gasteiger partial charge in [-0.2, -0.15) is 0 Å². The summed E-state index contributed by atoms with van der Waals surface area (Å²) in [5.41, 5.74) is 5.54. The Morgan fingerprint density at radius 1 is 1.11 bits per heavy atom. The third kappa shape index (κ3) is 6.73. The molecule has 0 saturated carbocycles. The van der Waals surface area contributed by atoms with Crippen molar-refractivity contribution >= 4 is 35.0 Å². The fourth-order valence-corrected chi connectivity index (χ4v) is 2.55. The van der Waals surface area contributed by atoms with Gasteiger partial charge in [0.15, 0.2) is 17.7 Å². The maximum atomic E-state index is 13.5. The number of amides is 2. The van der Waals surface area contributed by atoms with Gasteiger partial charge in [-0.15, -0.1) is 0 Å². The number of aryl methyl sites for hydroxylation is 1. The van der Waals surface area contributed by atoms with Gasteiger partial charge in [0.1, 0.15) is 0 Å². The van der Waals surface area contributed by atoms with Gasteiger partial charge in [0.25, 0.3) is 5.91 Å². The molecule has 5 nitrogen and oxygen atoms in total. The van der Waals surface area contributed by atoms with Gasteiger partial charge in [0.05, 0.1) is 10.0 Å². The van der Waals surface area contributed by atoms with Crippen molar-refractivity contribution < 1.29 is 18.7 Å². The van der Waals surface area contributed by atoms with E-state index in [4.69, 9.17) is 27.9 Å². The zero-order valence-electron chi connectivity index (χ0n) is 14.6. The second kappa shape index (κ2) is 10.1. The molecule has 0 spiro atoms. The molecule has 1 atom stereocenters. The smallest absolute Gasteiger partial charge is 0.279 e. The molecule has 0 aliphatic carbocycles. The first-order chi connectivity index (χ1) is 12.9. The Morgan fingerprint density at radius 3 is 2.56 bits per heavy atom. The molecule has 144 valence electrons. The highest BCUT2D eigenvalue weighted by Crippen LogP contribution is 2.23. The van der Waals surface area contributed by atoms with Gasteiger partial charge in [-0.3, -0.25) is 20.4 Å². The quantitative estimate of drug-likeness (QED) is 0.673. The average Bonchev–Trinajstić information content (AvgIpc) is 2.64. The van der Waals surface area contributed by atoms with Crippen LogP contribution in [0.4, 0.5) is 4.39 Å². The summed E-state index contributed by atoms with van der Waals surface area (Å²) in [5, 5.41) is 0.947. The topological polar surface area (TPSA) is 67.4 Å². The fourth-order valence-electron chi connectivity index (χ4n) is 2.23. The number of ether oxygens (including phenoxy) is 1. The van der Waals surface area contributed by atoms with Crippen LogP contribution in [-0.4, -0.2) is 17.9 Å². The molecule has 0 aromatic heterocycles. The van der Waals surface area contributed by atoms with Crippen molar-refractivity contribution in [2.45, 2.75) is 32.3 Å². The number of benzene rings is 2. The van der Waals surface area contributed by atoms with Crippen molar-refractivity contribution in [2.24, 2.45) is 0 Å². The van der Waals surface area contributed by atoms with Crippen molar-refractivity contribution in [1.29, 1.82) is 0 Å². The number of halogens is 3. The van der Waals surface area contributed by atoms with Crippen molar-refractivity contribution in [2.75, 3.05) is 0 Å². The normalized spacial score (nSPS) is 11.6. The van der Waals surface area contributed by atoms with Crippen LogP contribution in [0.1, 0.15) is 25.3 Å². The standard InChI is InChI=1S/C19H19Cl2FN2O3/c1-12(27-17-7-3-2-6-16(17)22)19(26)24-23-18(25)8-4-5-13-9-10-14(20)15(21)11-13/h2-3,6-7,9-12H,4-5,8H2,1H3,(H,23,25)(H,24,26). The lowest BCUT2D eigenvalue weighted by atomic mass is 10.1. The predicted octanol–water partition coefficient (Wildman–Crippen LogP) is 4.07. The molecule has 0 radical (unpaired) electrons. The second-order valence-corrected chi connectivity index (χ2v) is 6.64. The van der Waals surface area contributed by atoms with Crippen LogP contribution in [-0.2, 0) is 16.0 Å². The molecule has 2 rings (SSSR count). The molecule has 27 heavy (non-hydrogen) atoms. The Bertz CT molecular complexity index is 817. The van der Waals surface area contributed by atoms with Crippen molar-refractivity contribution in [3.63, 3.8) is 0 Å². The second-order valence-electron chi connectivity index (χ2n) is 5.83. The Kier molecular flexibility index (Phi) is 7.88. The molecule has 2 N–H and O–H groups in total. The maximum Gasteiger partial charge on any atom is 0.279 e. The summed E-state index contributed by atoms with van der Waals surface area (Å²) in [5.74, 6) is -1.53. The minimum Gasteiger partial charge on any atom is -0.478 e. The maximum absolute atomic E-state index is 13.5. The van der Waals surface area contributed by atoms with Gasteiger partial charge >= 0.3 is 0 Å². The van der Waals surface area contributed by atoms with Crippen molar-refractivity contribution in [3.8, 4) is 5.75 Å². The third-order valence-electron chi connectivity index (χ3n) is 3.69. The molecule has 0 saturated heterocycles. The number of carbonyl (C=O) groups is 2. The molecule has 0 aliphatic heterocycles. The number of hydrogen-bond acceptors (Lipinski definition) is 3. The van der Waals surface area contributed by atoms with Crippen LogP contribution in [0.2, 0.25) is 10.0 Å². The molecule has 0 bridgehead atoms. The highest BCUT2D eigenvalue weighted by atomic mass is 35.5. The van der Waals surface area contributed by atoms with E-state index in [-0.39, 0.29) is 18.1 Å². The van der Waals surface area contributed by atoms with Gasteiger partial charge in [-0.1, -0.05) is 41.4 Å². The minimum atomic E-state index is -0.974. The molecule has 1 unspecified atom stereocenters. The molecule has 2 amide bonds. The van der Waals surface area contributed by atoms with Crippen molar-refractivity contribution in [1.82, 2.24) is 10.9 Å². The largest absolute Gasteiger partial charge is 0.478 e. The molecule has 2 aromatic carbocycles. The molecule has 0 heterocycles. The van der Waals surface area contributed by atoms with E-state index in [2.05, 4.69) is 10.9 Å². The summed E-state index contributed by atoms with van der Waals surface area (Å²) < 4.78 is 18.7. The van der Waals surface area contributed by atoms with E-state index in [1.807, 2.05) is 6.07 Å². The summed E-state index contributed by atoms with van der Waals surface area (Å²) >= 11 is 11.8. The Hall–Kier alpha value is -2.31. The predicted molar refractivity (Wildman–Crippen MR) is 102 cm³/mol. The Morgan fingerprint density at radius 2 is 1.85 bits per heavy atom. The molecule has 0 aliphatic rings. The van der Waals surface area contributed by atoms with Crippen LogP contribution in [0.5, 0.6) is 5.75 Å².